The highest BCUT2D eigenvalue weighted by molar-refractivity contribution is 5.74. The smallest absolute Gasteiger partial charge is 0.353 e. The Kier molecular flexibility index (Phi) is 5.61. The average Bonchev–Trinajstić information content (AvgIpc) is 3.29. The number of nitrogens with zero attached hydrogens (tertiary/aromatic N) is 5. The van der Waals surface area contributed by atoms with E-state index in [1.54, 1.807) is 0 Å². The molecule has 0 spiro atoms. The molecule has 5 rings (SSSR count). The highest BCUT2D eigenvalue weighted by Gasteiger charge is 2.29. The van der Waals surface area contributed by atoms with Crippen molar-refractivity contribution in [3.05, 3.63) is 70.3 Å². The van der Waals surface area contributed by atoms with E-state index in [4.69, 9.17) is 9.47 Å². The van der Waals surface area contributed by atoms with Gasteiger partial charge in [-0.05, 0) is 42.0 Å². The minimum atomic E-state index is -0.486. The number of halogens is 1. The summed E-state index contributed by atoms with van der Waals surface area (Å²) in [7, 11) is 0. The lowest BCUT2D eigenvalue weighted by molar-refractivity contribution is -0.383. The summed E-state index contributed by atoms with van der Waals surface area (Å²) in [5.74, 6) is 1.45. The SMILES string of the molecule is O=[N+]([O-])c1c(Nc2ccc(F)cc2)ncnc1N1CCN(Cc2ccc3c(c2)OCO3)CC1. The topological polar surface area (TPSA) is 106 Å². The van der Waals surface area contributed by atoms with Crippen molar-refractivity contribution in [1.29, 1.82) is 0 Å². The Morgan fingerprint density at radius 2 is 1.79 bits per heavy atom. The normalized spacial score (nSPS) is 15.5. The van der Waals surface area contributed by atoms with Crippen LogP contribution >= 0.6 is 0 Å². The van der Waals surface area contributed by atoms with Gasteiger partial charge < -0.3 is 19.7 Å². The zero-order chi connectivity index (χ0) is 22.8. The van der Waals surface area contributed by atoms with E-state index in [1.165, 1.54) is 30.6 Å². The molecule has 11 heteroatoms. The average molecular weight is 452 g/mol. The molecule has 2 aliphatic heterocycles. The molecule has 0 bridgehead atoms. The van der Waals surface area contributed by atoms with Crippen LogP contribution in [0.5, 0.6) is 11.5 Å². The van der Waals surface area contributed by atoms with Crippen molar-refractivity contribution >= 4 is 23.0 Å². The molecule has 1 saturated heterocycles. The number of piperazine rings is 1. The Hall–Kier alpha value is -3.99. The zero-order valence-corrected chi connectivity index (χ0v) is 17.6. The van der Waals surface area contributed by atoms with Crippen LogP contribution in [0, 0.1) is 15.9 Å². The summed E-state index contributed by atoms with van der Waals surface area (Å²) in [5, 5.41) is 14.8. The number of aromatic nitrogens is 2. The molecule has 33 heavy (non-hydrogen) atoms. The number of fused-ring (bicyclic) bond motifs is 1. The number of nitro groups is 1. The fraction of sp³-hybridized carbons (Fsp3) is 0.273. The maximum Gasteiger partial charge on any atom is 0.353 e. The minimum Gasteiger partial charge on any atom is -0.454 e. The van der Waals surface area contributed by atoms with Crippen LogP contribution in [0.4, 0.5) is 27.4 Å². The second-order valence-corrected chi connectivity index (χ2v) is 7.73. The fourth-order valence-corrected chi connectivity index (χ4v) is 3.95. The molecule has 0 atom stereocenters. The first-order valence-electron chi connectivity index (χ1n) is 10.4. The van der Waals surface area contributed by atoms with Gasteiger partial charge in [-0.2, -0.15) is 0 Å². The fourth-order valence-electron chi connectivity index (χ4n) is 3.95. The third kappa shape index (κ3) is 4.48. The second kappa shape index (κ2) is 8.87. The van der Waals surface area contributed by atoms with Crippen molar-refractivity contribution in [2.24, 2.45) is 0 Å². The first-order valence-corrected chi connectivity index (χ1v) is 10.4. The molecule has 1 N–H and O–H groups in total. The third-order valence-corrected chi connectivity index (χ3v) is 5.61. The van der Waals surface area contributed by atoms with Gasteiger partial charge in [0.25, 0.3) is 0 Å². The van der Waals surface area contributed by atoms with E-state index >= 15 is 0 Å². The van der Waals surface area contributed by atoms with E-state index in [9.17, 15) is 14.5 Å². The van der Waals surface area contributed by atoms with Crippen molar-refractivity contribution in [3.8, 4) is 11.5 Å². The Labute approximate surface area is 188 Å². The number of benzene rings is 2. The number of hydrogen-bond acceptors (Lipinski definition) is 9. The molecule has 1 aromatic heterocycles. The molecule has 2 aliphatic rings. The highest BCUT2D eigenvalue weighted by atomic mass is 19.1. The molecule has 0 radical (unpaired) electrons. The maximum absolute atomic E-state index is 13.2. The van der Waals surface area contributed by atoms with Crippen LogP contribution in [0.2, 0.25) is 0 Å². The van der Waals surface area contributed by atoms with Crippen molar-refractivity contribution < 1.29 is 18.8 Å². The zero-order valence-electron chi connectivity index (χ0n) is 17.6. The van der Waals surface area contributed by atoms with Crippen molar-refractivity contribution in [2.75, 3.05) is 43.2 Å². The summed E-state index contributed by atoms with van der Waals surface area (Å²) >= 11 is 0. The van der Waals surface area contributed by atoms with Crippen LogP contribution in [0.25, 0.3) is 0 Å². The van der Waals surface area contributed by atoms with Gasteiger partial charge in [0.15, 0.2) is 11.5 Å². The van der Waals surface area contributed by atoms with Crippen molar-refractivity contribution in [1.82, 2.24) is 14.9 Å². The van der Waals surface area contributed by atoms with Gasteiger partial charge in [0, 0.05) is 38.4 Å². The van der Waals surface area contributed by atoms with Gasteiger partial charge in [-0.1, -0.05) is 6.07 Å². The second-order valence-electron chi connectivity index (χ2n) is 7.73. The molecule has 0 unspecified atom stereocenters. The summed E-state index contributed by atoms with van der Waals surface area (Å²) in [4.78, 5) is 23.8. The summed E-state index contributed by atoms with van der Waals surface area (Å²) in [6, 6.07) is 11.4. The van der Waals surface area contributed by atoms with Gasteiger partial charge in [-0.25, -0.2) is 14.4 Å². The molecule has 2 aromatic carbocycles. The van der Waals surface area contributed by atoms with E-state index < -0.39 is 10.7 Å². The van der Waals surface area contributed by atoms with Gasteiger partial charge in [-0.3, -0.25) is 15.0 Å². The largest absolute Gasteiger partial charge is 0.454 e. The van der Waals surface area contributed by atoms with Crippen LogP contribution in [0.1, 0.15) is 5.56 Å². The van der Waals surface area contributed by atoms with E-state index in [0.29, 0.717) is 18.8 Å². The Bertz CT molecular complexity index is 1170. The van der Waals surface area contributed by atoms with Gasteiger partial charge in [-0.15, -0.1) is 0 Å². The lowest BCUT2D eigenvalue weighted by Gasteiger charge is -2.35. The molecule has 0 amide bonds. The number of nitrogens with one attached hydrogen (secondary N) is 1. The summed E-state index contributed by atoms with van der Waals surface area (Å²) in [6.45, 7) is 3.59. The summed E-state index contributed by atoms with van der Waals surface area (Å²) < 4.78 is 24.0. The molecule has 1 fully saturated rings. The number of anilines is 3. The third-order valence-electron chi connectivity index (χ3n) is 5.61. The number of ether oxygens (including phenoxy) is 2. The molecule has 0 saturated carbocycles. The van der Waals surface area contributed by atoms with Crippen LogP contribution < -0.4 is 19.7 Å². The molecule has 3 heterocycles. The van der Waals surface area contributed by atoms with Crippen LogP contribution in [0.15, 0.2) is 48.8 Å². The summed E-state index contributed by atoms with van der Waals surface area (Å²) in [6.07, 6.45) is 1.30. The van der Waals surface area contributed by atoms with E-state index in [1.807, 2.05) is 23.1 Å². The highest BCUT2D eigenvalue weighted by Crippen LogP contribution is 2.35. The van der Waals surface area contributed by atoms with Crippen LogP contribution in [-0.4, -0.2) is 52.8 Å². The van der Waals surface area contributed by atoms with Crippen LogP contribution in [-0.2, 0) is 6.54 Å². The van der Waals surface area contributed by atoms with Gasteiger partial charge in [0.2, 0.25) is 18.4 Å². The number of rotatable bonds is 6. The summed E-state index contributed by atoms with van der Waals surface area (Å²) in [5.41, 5.74) is 1.41. The first kappa shape index (κ1) is 20.9. The van der Waals surface area contributed by atoms with E-state index in [2.05, 4.69) is 20.2 Å². The van der Waals surface area contributed by atoms with Crippen LogP contribution in [0.3, 0.4) is 0 Å². The Morgan fingerprint density at radius 1 is 1.03 bits per heavy atom. The minimum absolute atomic E-state index is 0.0689. The standard InChI is InChI=1S/C22H21FN6O4/c23-16-2-4-17(5-3-16)26-21-20(29(30)31)22(25-13-24-21)28-9-7-27(8-10-28)12-15-1-6-18-19(11-15)33-14-32-18/h1-6,11,13H,7-10,12,14H2,(H,24,25,26). The van der Waals surface area contributed by atoms with Crippen molar-refractivity contribution in [3.63, 3.8) is 0 Å². The first-order chi connectivity index (χ1) is 16.1. The quantitative estimate of drug-likeness (QED) is 0.445. The van der Waals surface area contributed by atoms with Gasteiger partial charge in [0.05, 0.1) is 4.92 Å². The lowest BCUT2D eigenvalue weighted by Crippen LogP contribution is -2.46. The molecule has 170 valence electrons. The molecular formula is C22H21FN6O4. The molecule has 0 aliphatic carbocycles. The monoisotopic (exact) mass is 452 g/mol. The van der Waals surface area contributed by atoms with Crippen molar-refractivity contribution in [2.45, 2.75) is 6.54 Å². The van der Waals surface area contributed by atoms with Gasteiger partial charge in [0.1, 0.15) is 12.1 Å². The molecule has 3 aromatic rings. The van der Waals surface area contributed by atoms with Gasteiger partial charge >= 0.3 is 5.69 Å². The van der Waals surface area contributed by atoms with E-state index in [0.717, 1.165) is 36.7 Å². The maximum atomic E-state index is 13.2. The molecular weight excluding hydrogens is 431 g/mol. The predicted octanol–water partition coefficient (Wildman–Crippen LogP) is 3.32. The molecule has 10 nitrogen and oxygen atoms in total. The Morgan fingerprint density at radius 3 is 2.55 bits per heavy atom. The Balaban J connectivity index is 1.28. The predicted molar refractivity (Wildman–Crippen MR) is 118 cm³/mol. The van der Waals surface area contributed by atoms with E-state index in [-0.39, 0.29) is 24.1 Å². The number of hydrogen-bond donors (Lipinski definition) is 1. The lowest BCUT2D eigenvalue weighted by atomic mass is 10.1.